The van der Waals surface area contributed by atoms with Crippen molar-refractivity contribution >= 4 is 0 Å². The Bertz CT molecular complexity index is 117. The van der Waals surface area contributed by atoms with Gasteiger partial charge in [0.15, 0.2) is 0 Å². The Labute approximate surface area is 83.9 Å². The first-order valence-corrected chi connectivity index (χ1v) is 4.72. The summed E-state index contributed by atoms with van der Waals surface area (Å²) in [7, 11) is 1.34. The molecule has 0 rings (SSSR count). The van der Waals surface area contributed by atoms with E-state index in [2.05, 4.69) is 0 Å². The van der Waals surface area contributed by atoms with Crippen molar-refractivity contribution in [2.45, 2.75) is 31.7 Å². The predicted molar refractivity (Wildman–Crippen MR) is 50.8 cm³/mol. The first-order chi connectivity index (χ1) is 6.62. The van der Waals surface area contributed by atoms with E-state index in [4.69, 9.17) is 14.9 Å². The molecule has 5 nitrogen and oxygen atoms in total. The van der Waals surface area contributed by atoms with Crippen molar-refractivity contribution in [2.75, 3.05) is 20.3 Å². The Balaban J connectivity index is 4.26. The highest BCUT2D eigenvalue weighted by Gasteiger charge is 2.30. The van der Waals surface area contributed by atoms with Gasteiger partial charge in [-0.05, 0) is 6.42 Å². The van der Waals surface area contributed by atoms with Gasteiger partial charge in [-0.3, -0.25) is 0 Å². The largest absolute Gasteiger partial charge is 0.396 e. The first kappa shape index (κ1) is 13.8. The first-order valence-electron chi connectivity index (χ1n) is 4.72. The molecule has 0 aromatic carbocycles. The maximum Gasteiger partial charge on any atom is 0.109 e. The Kier molecular flexibility index (Phi) is 7.04. The van der Waals surface area contributed by atoms with Crippen LogP contribution in [0.3, 0.4) is 0 Å². The molecule has 0 radical (unpaired) electrons. The fourth-order valence-corrected chi connectivity index (χ4v) is 1.30. The van der Waals surface area contributed by atoms with E-state index in [0.29, 0.717) is 6.42 Å². The van der Waals surface area contributed by atoms with Gasteiger partial charge in [0.1, 0.15) is 12.2 Å². The Morgan fingerprint density at radius 2 is 1.64 bits per heavy atom. The van der Waals surface area contributed by atoms with Crippen molar-refractivity contribution < 1.29 is 25.2 Å². The van der Waals surface area contributed by atoms with Gasteiger partial charge >= 0.3 is 0 Å². The van der Waals surface area contributed by atoms with Gasteiger partial charge in [0.2, 0.25) is 0 Å². The molecule has 5 heteroatoms. The quantitative estimate of drug-likeness (QED) is 0.419. The highest BCUT2D eigenvalue weighted by atomic mass is 16.5. The second-order valence-electron chi connectivity index (χ2n) is 3.29. The highest BCUT2D eigenvalue weighted by Crippen LogP contribution is 2.15. The zero-order valence-corrected chi connectivity index (χ0v) is 8.63. The van der Waals surface area contributed by atoms with Gasteiger partial charge in [-0.25, -0.2) is 0 Å². The molecule has 4 N–H and O–H groups in total. The number of ether oxygens (including phenoxy) is 1. The summed E-state index contributed by atoms with van der Waals surface area (Å²) in [6.07, 6.45) is -2.52. The summed E-state index contributed by atoms with van der Waals surface area (Å²) in [5.41, 5.74) is 0. The van der Waals surface area contributed by atoms with Gasteiger partial charge in [0, 0.05) is 19.6 Å². The minimum absolute atomic E-state index is 0.198. The standard InChI is InChI=1S/C9H20O5/c1-3-6(4-10)8(12)9(13)7(5-11)14-2/h6-13H,3-5H2,1-2H3. The Hall–Kier alpha value is -0.200. The van der Waals surface area contributed by atoms with Gasteiger partial charge in [0.05, 0.1) is 12.7 Å². The molecule has 0 fully saturated rings. The van der Waals surface area contributed by atoms with E-state index in [9.17, 15) is 10.2 Å². The normalized spacial score (nSPS) is 20.1. The van der Waals surface area contributed by atoms with Crippen molar-refractivity contribution in [3.05, 3.63) is 0 Å². The second-order valence-corrected chi connectivity index (χ2v) is 3.29. The number of rotatable bonds is 7. The third-order valence-electron chi connectivity index (χ3n) is 2.46. The van der Waals surface area contributed by atoms with Crippen molar-refractivity contribution in [1.29, 1.82) is 0 Å². The van der Waals surface area contributed by atoms with Crippen molar-refractivity contribution in [1.82, 2.24) is 0 Å². The van der Waals surface area contributed by atoms with Gasteiger partial charge in [-0.15, -0.1) is 0 Å². The van der Waals surface area contributed by atoms with Crippen LogP contribution in [0.1, 0.15) is 13.3 Å². The molecule has 0 heterocycles. The van der Waals surface area contributed by atoms with Crippen LogP contribution < -0.4 is 0 Å². The third-order valence-corrected chi connectivity index (χ3v) is 2.46. The number of methoxy groups -OCH3 is 1. The smallest absolute Gasteiger partial charge is 0.109 e. The Morgan fingerprint density at radius 3 is 1.93 bits per heavy atom. The minimum atomic E-state index is -1.18. The molecule has 86 valence electrons. The number of aliphatic hydroxyl groups is 4. The summed E-state index contributed by atoms with van der Waals surface area (Å²) in [6.45, 7) is 1.24. The Morgan fingerprint density at radius 1 is 1.07 bits per heavy atom. The van der Waals surface area contributed by atoms with Crippen LogP contribution in [-0.2, 0) is 4.74 Å². The zero-order valence-electron chi connectivity index (χ0n) is 8.63. The summed E-state index contributed by atoms with van der Waals surface area (Å²) < 4.78 is 4.78. The summed E-state index contributed by atoms with van der Waals surface area (Å²) in [5, 5.41) is 36.9. The molecule has 0 saturated carbocycles. The fourth-order valence-electron chi connectivity index (χ4n) is 1.30. The lowest BCUT2D eigenvalue weighted by atomic mass is 9.93. The summed E-state index contributed by atoms with van der Waals surface area (Å²) in [4.78, 5) is 0. The molecule has 0 amide bonds. The van der Waals surface area contributed by atoms with Crippen LogP contribution >= 0.6 is 0 Å². The van der Waals surface area contributed by atoms with Crippen LogP contribution in [0, 0.1) is 5.92 Å². The van der Waals surface area contributed by atoms with Gasteiger partial charge in [-0.1, -0.05) is 6.92 Å². The van der Waals surface area contributed by atoms with Crippen LogP contribution in [-0.4, -0.2) is 59.1 Å². The van der Waals surface area contributed by atoms with Crippen molar-refractivity contribution in [3.63, 3.8) is 0 Å². The lowest BCUT2D eigenvalue weighted by molar-refractivity contribution is -0.114. The van der Waals surface area contributed by atoms with E-state index in [1.54, 1.807) is 6.92 Å². The van der Waals surface area contributed by atoms with Crippen LogP contribution in [0.2, 0.25) is 0 Å². The third kappa shape index (κ3) is 3.51. The van der Waals surface area contributed by atoms with E-state index in [1.165, 1.54) is 7.11 Å². The summed E-state index contributed by atoms with van der Waals surface area (Å²) in [5.74, 6) is -0.394. The van der Waals surface area contributed by atoms with Crippen LogP contribution in [0.5, 0.6) is 0 Å². The highest BCUT2D eigenvalue weighted by molar-refractivity contribution is 4.80. The van der Waals surface area contributed by atoms with Crippen LogP contribution in [0.15, 0.2) is 0 Å². The topological polar surface area (TPSA) is 90.2 Å². The predicted octanol–water partition coefficient (Wildman–Crippen LogP) is -1.27. The van der Waals surface area contributed by atoms with E-state index in [1.807, 2.05) is 0 Å². The van der Waals surface area contributed by atoms with E-state index in [-0.39, 0.29) is 13.2 Å². The maximum absolute atomic E-state index is 9.61. The van der Waals surface area contributed by atoms with Crippen molar-refractivity contribution in [2.24, 2.45) is 5.92 Å². The average Bonchev–Trinajstić information content (AvgIpc) is 2.21. The SMILES string of the molecule is CCC(CO)C(O)C(O)C(CO)OC. The lowest BCUT2D eigenvalue weighted by Gasteiger charge is -2.28. The molecule has 0 aliphatic carbocycles. The zero-order chi connectivity index (χ0) is 11.1. The lowest BCUT2D eigenvalue weighted by Crippen LogP contribution is -2.45. The molecular formula is C9H20O5. The number of aliphatic hydroxyl groups excluding tert-OH is 4. The monoisotopic (exact) mass is 208 g/mol. The molecule has 0 bridgehead atoms. The number of hydrogen-bond donors (Lipinski definition) is 4. The van der Waals surface area contributed by atoms with E-state index < -0.39 is 24.2 Å². The van der Waals surface area contributed by atoms with E-state index >= 15 is 0 Å². The van der Waals surface area contributed by atoms with Gasteiger partial charge in [-0.2, -0.15) is 0 Å². The van der Waals surface area contributed by atoms with Crippen LogP contribution in [0.4, 0.5) is 0 Å². The molecule has 0 aliphatic rings. The fraction of sp³-hybridized carbons (Fsp3) is 1.00. The second kappa shape index (κ2) is 7.14. The molecule has 0 spiro atoms. The average molecular weight is 208 g/mol. The van der Waals surface area contributed by atoms with Gasteiger partial charge < -0.3 is 25.2 Å². The molecule has 0 aromatic rings. The molecule has 4 unspecified atom stereocenters. The molecule has 14 heavy (non-hydrogen) atoms. The summed E-state index contributed by atoms with van der Waals surface area (Å²) in [6, 6.07) is 0. The molecular weight excluding hydrogens is 188 g/mol. The maximum atomic E-state index is 9.61. The van der Waals surface area contributed by atoms with Gasteiger partial charge in [0.25, 0.3) is 0 Å². The molecule has 0 saturated heterocycles. The number of hydrogen-bond acceptors (Lipinski definition) is 5. The van der Waals surface area contributed by atoms with Crippen LogP contribution in [0.25, 0.3) is 0 Å². The molecule has 4 atom stereocenters. The van der Waals surface area contributed by atoms with E-state index in [0.717, 1.165) is 0 Å². The summed E-state index contributed by atoms with van der Waals surface area (Å²) >= 11 is 0. The van der Waals surface area contributed by atoms with Crippen molar-refractivity contribution in [3.8, 4) is 0 Å². The minimum Gasteiger partial charge on any atom is -0.396 e. The molecule has 0 aliphatic heterocycles. The molecule has 0 aromatic heterocycles.